The molecule has 0 spiro atoms. The Labute approximate surface area is 90.0 Å². The molecule has 0 atom stereocenters. The molecule has 0 aliphatic carbocycles. The van der Waals surface area contributed by atoms with Gasteiger partial charge in [-0.3, -0.25) is 4.79 Å². The van der Waals surface area contributed by atoms with E-state index in [0.717, 1.165) is 11.3 Å². The minimum atomic E-state index is -0.0171. The second-order valence-corrected chi connectivity index (χ2v) is 3.27. The number of benzene rings is 1. The number of ketones is 1. The highest BCUT2D eigenvalue weighted by molar-refractivity contribution is 5.98. The van der Waals surface area contributed by atoms with Crippen LogP contribution in [0.25, 0.3) is 0 Å². The minimum Gasteiger partial charge on any atom is -0.494 e. The Morgan fingerprint density at radius 2 is 2.13 bits per heavy atom. The summed E-state index contributed by atoms with van der Waals surface area (Å²) in [7, 11) is 1.51. The summed E-state index contributed by atoms with van der Waals surface area (Å²) < 4.78 is 10.2. The maximum Gasteiger partial charge on any atom is 0.188 e. The molecule has 0 aromatic heterocycles. The second-order valence-electron chi connectivity index (χ2n) is 3.27. The molecule has 3 heteroatoms. The first-order chi connectivity index (χ1) is 7.19. The lowest BCUT2D eigenvalue weighted by molar-refractivity contribution is 0.0847. The van der Waals surface area contributed by atoms with E-state index >= 15 is 0 Å². The van der Waals surface area contributed by atoms with Gasteiger partial charge in [0.05, 0.1) is 6.61 Å². The number of carbonyl (C=O) groups excluding carboxylic acids is 1. The topological polar surface area (TPSA) is 35.5 Å². The molecule has 0 saturated heterocycles. The summed E-state index contributed by atoms with van der Waals surface area (Å²) in [6.45, 7) is 4.52. The van der Waals surface area contributed by atoms with Crippen LogP contribution < -0.4 is 4.74 Å². The zero-order valence-corrected chi connectivity index (χ0v) is 9.37. The van der Waals surface area contributed by atoms with E-state index in [1.54, 1.807) is 6.07 Å². The molecule has 15 heavy (non-hydrogen) atoms. The van der Waals surface area contributed by atoms with E-state index in [0.29, 0.717) is 12.2 Å². The number of ether oxygens (including phenoxy) is 2. The van der Waals surface area contributed by atoms with Crippen LogP contribution in [-0.2, 0) is 4.74 Å². The smallest absolute Gasteiger partial charge is 0.188 e. The number of hydrogen-bond acceptors (Lipinski definition) is 3. The molecule has 0 fully saturated rings. The molecule has 0 bridgehead atoms. The monoisotopic (exact) mass is 208 g/mol. The molecule has 1 rings (SSSR count). The Morgan fingerprint density at radius 1 is 1.40 bits per heavy atom. The molecule has 0 radical (unpaired) electrons. The summed E-state index contributed by atoms with van der Waals surface area (Å²) in [5.74, 6) is 0.708. The molecule has 0 saturated carbocycles. The van der Waals surface area contributed by atoms with Crippen LogP contribution in [0.4, 0.5) is 0 Å². The highest BCUT2D eigenvalue weighted by Gasteiger charge is 2.09. The van der Waals surface area contributed by atoms with Crippen LogP contribution in [0, 0.1) is 6.92 Å². The highest BCUT2D eigenvalue weighted by atomic mass is 16.5. The van der Waals surface area contributed by atoms with Crippen LogP contribution in [0.15, 0.2) is 18.2 Å². The fourth-order valence-corrected chi connectivity index (χ4v) is 1.37. The molecule has 0 amide bonds. The Balaban J connectivity index is 2.94. The standard InChI is InChI=1S/C12H16O3/c1-4-15-10-6-5-9(2)11(7-10)12(13)8-14-3/h5-7H,4,8H2,1-3H3. The van der Waals surface area contributed by atoms with Crippen molar-refractivity contribution in [2.24, 2.45) is 0 Å². The lowest BCUT2D eigenvalue weighted by Crippen LogP contribution is -2.09. The van der Waals surface area contributed by atoms with E-state index in [1.807, 2.05) is 26.0 Å². The molecular formula is C12H16O3. The van der Waals surface area contributed by atoms with E-state index in [-0.39, 0.29) is 12.4 Å². The minimum absolute atomic E-state index is 0.0171. The first-order valence-electron chi connectivity index (χ1n) is 4.94. The maximum absolute atomic E-state index is 11.6. The third kappa shape index (κ3) is 3.06. The zero-order valence-electron chi connectivity index (χ0n) is 9.37. The van der Waals surface area contributed by atoms with E-state index in [9.17, 15) is 4.79 Å². The maximum atomic E-state index is 11.6. The predicted molar refractivity (Wildman–Crippen MR) is 58.6 cm³/mol. The van der Waals surface area contributed by atoms with Gasteiger partial charge in [0.2, 0.25) is 0 Å². The number of aryl methyl sites for hydroxylation is 1. The molecular weight excluding hydrogens is 192 g/mol. The number of rotatable bonds is 5. The Bertz CT molecular complexity index is 345. The Kier molecular flexibility index (Phi) is 4.31. The van der Waals surface area contributed by atoms with E-state index in [4.69, 9.17) is 9.47 Å². The van der Waals surface area contributed by atoms with Gasteiger partial charge < -0.3 is 9.47 Å². The van der Waals surface area contributed by atoms with Gasteiger partial charge in [-0.15, -0.1) is 0 Å². The third-order valence-corrected chi connectivity index (χ3v) is 2.10. The van der Waals surface area contributed by atoms with E-state index in [1.165, 1.54) is 7.11 Å². The van der Waals surface area contributed by atoms with Gasteiger partial charge in [-0.2, -0.15) is 0 Å². The lowest BCUT2D eigenvalue weighted by Gasteiger charge is -2.08. The predicted octanol–water partition coefficient (Wildman–Crippen LogP) is 2.22. The van der Waals surface area contributed by atoms with Crippen LogP contribution in [-0.4, -0.2) is 26.1 Å². The largest absolute Gasteiger partial charge is 0.494 e. The molecule has 0 heterocycles. The van der Waals surface area contributed by atoms with Crippen LogP contribution in [0.5, 0.6) is 5.75 Å². The van der Waals surface area contributed by atoms with E-state index in [2.05, 4.69) is 0 Å². The Morgan fingerprint density at radius 3 is 2.73 bits per heavy atom. The van der Waals surface area contributed by atoms with Gasteiger partial charge in [0, 0.05) is 12.7 Å². The first kappa shape index (κ1) is 11.7. The molecule has 0 aliphatic heterocycles. The second kappa shape index (κ2) is 5.51. The van der Waals surface area contributed by atoms with Crippen LogP contribution in [0.1, 0.15) is 22.8 Å². The fraction of sp³-hybridized carbons (Fsp3) is 0.417. The Hall–Kier alpha value is -1.35. The van der Waals surface area contributed by atoms with Gasteiger partial charge in [0.25, 0.3) is 0 Å². The van der Waals surface area contributed by atoms with Gasteiger partial charge in [-0.1, -0.05) is 6.07 Å². The van der Waals surface area contributed by atoms with Gasteiger partial charge in [-0.25, -0.2) is 0 Å². The van der Waals surface area contributed by atoms with Crippen LogP contribution in [0.3, 0.4) is 0 Å². The van der Waals surface area contributed by atoms with Crippen molar-refractivity contribution in [2.45, 2.75) is 13.8 Å². The molecule has 82 valence electrons. The van der Waals surface area contributed by atoms with Crippen molar-refractivity contribution in [3.05, 3.63) is 29.3 Å². The average Bonchev–Trinajstić information content (AvgIpc) is 2.21. The first-order valence-corrected chi connectivity index (χ1v) is 4.94. The lowest BCUT2D eigenvalue weighted by atomic mass is 10.0. The fourth-order valence-electron chi connectivity index (χ4n) is 1.37. The quantitative estimate of drug-likeness (QED) is 0.696. The summed E-state index contributed by atoms with van der Waals surface area (Å²) in [6, 6.07) is 5.51. The number of Topliss-reactive ketones (excluding diaryl/α,β-unsaturated/α-hetero) is 1. The van der Waals surface area contributed by atoms with Crippen LogP contribution >= 0.6 is 0 Å². The zero-order chi connectivity index (χ0) is 11.3. The number of methoxy groups -OCH3 is 1. The summed E-state index contributed by atoms with van der Waals surface area (Å²) in [6.07, 6.45) is 0. The van der Waals surface area contributed by atoms with Crippen molar-refractivity contribution >= 4 is 5.78 Å². The third-order valence-electron chi connectivity index (χ3n) is 2.10. The van der Waals surface area contributed by atoms with Crippen molar-refractivity contribution in [1.82, 2.24) is 0 Å². The van der Waals surface area contributed by atoms with Gasteiger partial charge in [0.1, 0.15) is 12.4 Å². The van der Waals surface area contributed by atoms with Crippen molar-refractivity contribution < 1.29 is 14.3 Å². The molecule has 0 unspecified atom stereocenters. The van der Waals surface area contributed by atoms with Gasteiger partial charge >= 0.3 is 0 Å². The molecule has 0 aliphatic rings. The number of hydrogen-bond donors (Lipinski definition) is 0. The van der Waals surface area contributed by atoms with Gasteiger partial charge in [0.15, 0.2) is 5.78 Å². The summed E-state index contributed by atoms with van der Waals surface area (Å²) in [5, 5.41) is 0. The number of carbonyl (C=O) groups is 1. The SMILES string of the molecule is CCOc1ccc(C)c(C(=O)COC)c1. The normalized spacial score (nSPS) is 10.1. The average molecular weight is 208 g/mol. The summed E-state index contributed by atoms with van der Waals surface area (Å²) in [5.41, 5.74) is 1.61. The van der Waals surface area contributed by atoms with Crippen LogP contribution in [0.2, 0.25) is 0 Å². The van der Waals surface area contributed by atoms with E-state index < -0.39 is 0 Å². The molecule has 0 N–H and O–H groups in total. The summed E-state index contributed by atoms with van der Waals surface area (Å²) >= 11 is 0. The van der Waals surface area contributed by atoms with Crippen molar-refractivity contribution in [2.75, 3.05) is 20.3 Å². The summed E-state index contributed by atoms with van der Waals surface area (Å²) in [4.78, 5) is 11.6. The highest BCUT2D eigenvalue weighted by Crippen LogP contribution is 2.18. The molecule has 3 nitrogen and oxygen atoms in total. The van der Waals surface area contributed by atoms with Gasteiger partial charge in [-0.05, 0) is 31.5 Å². The molecule has 1 aromatic rings. The van der Waals surface area contributed by atoms with Crippen molar-refractivity contribution in [3.63, 3.8) is 0 Å². The van der Waals surface area contributed by atoms with Crippen molar-refractivity contribution in [3.8, 4) is 5.75 Å². The molecule has 1 aromatic carbocycles. The van der Waals surface area contributed by atoms with Crippen molar-refractivity contribution in [1.29, 1.82) is 0 Å².